The minimum atomic E-state index is -0.487. The summed E-state index contributed by atoms with van der Waals surface area (Å²) in [4.78, 5) is 15.6. The van der Waals surface area contributed by atoms with Gasteiger partial charge < -0.3 is 10.1 Å². The summed E-state index contributed by atoms with van der Waals surface area (Å²) in [6.07, 6.45) is 1.59. The van der Waals surface area contributed by atoms with Gasteiger partial charge in [-0.2, -0.15) is 5.10 Å². The van der Waals surface area contributed by atoms with Crippen molar-refractivity contribution >= 4 is 11.9 Å². The van der Waals surface area contributed by atoms with Gasteiger partial charge >= 0.3 is 5.97 Å². The van der Waals surface area contributed by atoms with Crippen LogP contribution in [0.15, 0.2) is 0 Å². The molecule has 0 bridgehead atoms. The summed E-state index contributed by atoms with van der Waals surface area (Å²) < 4.78 is 4.61. The number of nitrogens with one attached hydrogen (secondary N) is 1. The number of carbonyl (C=O) groups is 1. The van der Waals surface area contributed by atoms with Crippen molar-refractivity contribution in [3.05, 3.63) is 11.4 Å². The highest BCUT2D eigenvalue weighted by atomic mass is 16.5. The zero-order valence-corrected chi connectivity index (χ0v) is 10.6. The maximum atomic E-state index is 11.2. The number of anilines is 1. The molecule has 1 unspecified atom stereocenters. The number of nitrogens with zero attached hydrogens (tertiary/aromatic N) is 3. The van der Waals surface area contributed by atoms with Crippen molar-refractivity contribution in [1.29, 1.82) is 0 Å². The van der Waals surface area contributed by atoms with E-state index in [2.05, 4.69) is 25.2 Å². The quantitative estimate of drug-likeness (QED) is 0.770. The van der Waals surface area contributed by atoms with Crippen molar-refractivity contribution in [2.75, 3.05) is 12.4 Å². The average molecular weight is 238 g/mol. The Hall–Kier alpha value is -1.72. The average Bonchev–Trinajstić information content (AvgIpc) is 2.37. The molecule has 1 heterocycles. The lowest BCUT2D eigenvalue weighted by atomic mass is 10.2. The van der Waals surface area contributed by atoms with Crippen LogP contribution in [0.2, 0.25) is 0 Å². The van der Waals surface area contributed by atoms with Gasteiger partial charge in [-0.15, -0.1) is 5.10 Å². The number of aromatic nitrogens is 3. The Morgan fingerprint density at radius 3 is 2.47 bits per heavy atom. The van der Waals surface area contributed by atoms with Crippen molar-refractivity contribution < 1.29 is 9.53 Å². The van der Waals surface area contributed by atoms with E-state index < -0.39 is 6.04 Å². The van der Waals surface area contributed by atoms with Crippen LogP contribution in [0.4, 0.5) is 5.95 Å². The van der Waals surface area contributed by atoms with Gasteiger partial charge in [0.2, 0.25) is 5.95 Å². The Labute approximate surface area is 101 Å². The Morgan fingerprint density at radius 1 is 1.29 bits per heavy atom. The Kier molecular flexibility index (Phi) is 4.81. The second-order valence-corrected chi connectivity index (χ2v) is 3.63. The third-order valence-corrected chi connectivity index (χ3v) is 2.41. The molecule has 0 fully saturated rings. The third kappa shape index (κ3) is 3.37. The summed E-state index contributed by atoms with van der Waals surface area (Å²) in [5.74, 6) is 0.00293. The lowest BCUT2D eigenvalue weighted by Crippen LogP contribution is -2.28. The third-order valence-electron chi connectivity index (χ3n) is 2.41. The van der Waals surface area contributed by atoms with Crippen LogP contribution in [0.1, 0.15) is 32.2 Å². The number of ether oxygens (including phenoxy) is 1. The SMILES string of the molecule is CCc1nnc(NC(C)C(=O)OC)nc1CC. The van der Waals surface area contributed by atoms with Crippen molar-refractivity contribution in [3.8, 4) is 0 Å². The second kappa shape index (κ2) is 6.12. The molecule has 0 saturated carbocycles. The van der Waals surface area contributed by atoms with Crippen LogP contribution in [0, 0.1) is 0 Å². The molecule has 0 amide bonds. The molecule has 0 aromatic carbocycles. The summed E-state index contributed by atoms with van der Waals surface area (Å²) in [5.41, 5.74) is 1.80. The molecule has 1 rings (SSSR count). The van der Waals surface area contributed by atoms with E-state index in [1.165, 1.54) is 7.11 Å². The molecule has 17 heavy (non-hydrogen) atoms. The fourth-order valence-corrected chi connectivity index (χ4v) is 1.43. The van der Waals surface area contributed by atoms with Crippen molar-refractivity contribution in [3.63, 3.8) is 0 Å². The maximum Gasteiger partial charge on any atom is 0.328 e. The van der Waals surface area contributed by atoms with Gasteiger partial charge in [0.05, 0.1) is 18.5 Å². The molecule has 1 aromatic heterocycles. The molecule has 0 spiro atoms. The van der Waals surface area contributed by atoms with Gasteiger partial charge in [0.15, 0.2) is 0 Å². The summed E-state index contributed by atoms with van der Waals surface area (Å²) in [6.45, 7) is 5.71. The molecule has 0 radical (unpaired) electrons. The maximum absolute atomic E-state index is 11.2. The first kappa shape index (κ1) is 13.3. The van der Waals surface area contributed by atoms with E-state index in [-0.39, 0.29) is 5.97 Å². The normalized spacial score (nSPS) is 12.0. The zero-order valence-electron chi connectivity index (χ0n) is 10.6. The molecule has 6 nitrogen and oxygen atoms in total. The topological polar surface area (TPSA) is 77.0 Å². The van der Waals surface area contributed by atoms with Crippen LogP contribution in [-0.4, -0.2) is 34.3 Å². The Balaban J connectivity index is 2.82. The van der Waals surface area contributed by atoms with Crippen LogP contribution in [0.3, 0.4) is 0 Å². The van der Waals surface area contributed by atoms with E-state index >= 15 is 0 Å². The van der Waals surface area contributed by atoms with Gasteiger partial charge in [-0.1, -0.05) is 13.8 Å². The largest absolute Gasteiger partial charge is 0.467 e. The van der Waals surface area contributed by atoms with Crippen LogP contribution >= 0.6 is 0 Å². The number of hydrogen-bond donors (Lipinski definition) is 1. The minimum Gasteiger partial charge on any atom is -0.467 e. The number of esters is 1. The molecular weight excluding hydrogens is 220 g/mol. The van der Waals surface area contributed by atoms with Crippen LogP contribution < -0.4 is 5.32 Å². The summed E-state index contributed by atoms with van der Waals surface area (Å²) in [7, 11) is 1.34. The fraction of sp³-hybridized carbons (Fsp3) is 0.636. The van der Waals surface area contributed by atoms with Crippen LogP contribution in [0.25, 0.3) is 0 Å². The first-order chi connectivity index (χ1) is 8.12. The van der Waals surface area contributed by atoms with Crippen LogP contribution in [0.5, 0.6) is 0 Å². The van der Waals surface area contributed by atoms with Crippen molar-refractivity contribution in [2.45, 2.75) is 39.7 Å². The monoisotopic (exact) mass is 238 g/mol. The van der Waals surface area contributed by atoms with E-state index in [1.54, 1.807) is 6.92 Å². The molecule has 0 aliphatic heterocycles. The standard InChI is InChI=1S/C11H18N4O2/c1-5-8-9(6-2)14-15-11(13-8)12-7(3)10(16)17-4/h7H,5-6H2,1-4H3,(H,12,13,15). The first-order valence-electron chi connectivity index (χ1n) is 5.69. The van der Waals surface area contributed by atoms with E-state index in [0.29, 0.717) is 5.95 Å². The van der Waals surface area contributed by atoms with Gasteiger partial charge in [-0.3, -0.25) is 0 Å². The number of hydrogen-bond acceptors (Lipinski definition) is 6. The molecule has 1 aromatic rings. The van der Waals surface area contributed by atoms with Gasteiger partial charge in [-0.25, -0.2) is 9.78 Å². The number of aryl methyl sites for hydroxylation is 2. The van der Waals surface area contributed by atoms with E-state index in [0.717, 1.165) is 24.2 Å². The Morgan fingerprint density at radius 2 is 1.94 bits per heavy atom. The van der Waals surface area contributed by atoms with Gasteiger partial charge in [0.1, 0.15) is 6.04 Å². The fourth-order valence-electron chi connectivity index (χ4n) is 1.43. The molecule has 1 atom stereocenters. The highest BCUT2D eigenvalue weighted by Crippen LogP contribution is 2.07. The smallest absolute Gasteiger partial charge is 0.328 e. The van der Waals surface area contributed by atoms with Crippen molar-refractivity contribution in [2.24, 2.45) is 0 Å². The Bertz CT molecular complexity index is 395. The van der Waals surface area contributed by atoms with Crippen LogP contribution in [-0.2, 0) is 22.4 Å². The van der Waals surface area contributed by atoms with Gasteiger partial charge in [-0.05, 0) is 19.8 Å². The highest BCUT2D eigenvalue weighted by Gasteiger charge is 2.15. The van der Waals surface area contributed by atoms with Gasteiger partial charge in [0, 0.05) is 0 Å². The lowest BCUT2D eigenvalue weighted by molar-refractivity contribution is -0.141. The van der Waals surface area contributed by atoms with Gasteiger partial charge in [0.25, 0.3) is 0 Å². The van der Waals surface area contributed by atoms with E-state index in [1.807, 2.05) is 13.8 Å². The summed E-state index contributed by atoms with van der Waals surface area (Å²) >= 11 is 0. The first-order valence-corrected chi connectivity index (χ1v) is 5.69. The van der Waals surface area contributed by atoms with E-state index in [4.69, 9.17) is 0 Å². The molecule has 1 N–H and O–H groups in total. The highest BCUT2D eigenvalue weighted by molar-refractivity contribution is 5.77. The summed E-state index contributed by atoms with van der Waals surface area (Å²) in [6, 6.07) is -0.487. The second-order valence-electron chi connectivity index (χ2n) is 3.63. The van der Waals surface area contributed by atoms with E-state index in [9.17, 15) is 4.79 Å². The molecule has 0 aliphatic carbocycles. The lowest BCUT2D eigenvalue weighted by Gasteiger charge is -2.12. The zero-order chi connectivity index (χ0) is 12.8. The molecular formula is C11H18N4O2. The predicted octanol–water partition coefficient (Wildman–Crippen LogP) is 0.970. The number of carbonyl (C=O) groups excluding carboxylic acids is 1. The molecule has 0 aliphatic rings. The summed E-state index contributed by atoms with van der Waals surface area (Å²) in [5, 5.41) is 10.9. The number of rotatable bonds is 5. The molecule has 6 heteroatoms. The van der Waals surface area contributed by atoms with Crippen molar-refractivity contribution in [1.82, 2.24) is 15.2 Å². The predicted molar refractivity (Wildman–Crippen MR) is 63.7 cm³/mol. The number of methoxy groups -OCH3 is 1. The molecule has 0 saturated heterocycles. The molecule has 94 valence electrons. The minimum absolute atomic E-state index is 0.355.